The number of allylic oxidation sites excluding steroid dienone is 1. The highest BCUT2D eigenvalue weighted by Gasteiger charge is 2.31. The number of nitrogens with one attached hydrogen (secondary N) is 4. The number of amides is 4. The number of carboxylic acid groups (broad SMARTS) is 1. The van der Waals surface area contributed by atoms with Crippen LogP contribution >= 0.6 is 56.7 Å². The summed E-state index contributed by atoms with van der Waals surface area (Å²) in [6.07, 6.45) is -0.0100. The van der Waals surface area contributed by atoms with Crippen LogP contribution < -0.4 is 21.3 Å². The SMILES string of the molecule is C/C=C(\NC(=O)c1csc([C@H](NC(=O)OC(C)(C)C)C(C)C)n1)c1nc(-c2nc(-c3nc(-c4nc(C(=O)N[C@H](C(=O)NC[C@H](C)OCOC)[C@@H](C)OCOC)cs4)cs3)ccc2-c2nc(C(=O)O)cs2)cs1. The maximum atomic E-state index is 13.6. The molecule has 6 rings (SSSR count). The molecule has 5 N–H and O–H groups in total. The highest BCUT2D eigenvalue weighted by molar-refractivity contribution is 7.15. The van der Waals surface area contributed by atoms with Crippen LogP contribution in [0.5, 0.6) is 0 Å². The molecule has 0 unspecified atom stereocenters. The minimum absolute atomic E-state index is 0.0532. The van der Waals surface area contributed by atoms with Gasteiger partial charge in [-0.1, -0.05) is 19.9 Å². The molecule has 0 spiro atoms. The number of methoxy groups -OCH3 is 2. The predicted octanol–water partition coefficient (Wildman–Crippen LogP) is 7.98. The molecule has 384 valence electrons. The van der Waals surface area contributed by atoms with Crippen molar-refractivity contribution in [3.05, 3.63) is 72.2 Å². The standard InChI is InChI=1S/C46H54N10O11S5/c1-11-26(49-36(57)29-17-72-43(52-29)33(22(2)3)56-45(62)67-46(6,7)8)40-50-28(15-69-40)35-25(39-54-32(19-68-39)44(60)61)12-13-27(48-35)41-53-31(18-71-41)42-51-30(16-70-42)37(58)55-34(24(5)66-21-64-10)38(59)47-14-23(4)65-20-63-9/h11-13,15-19,22-24,33-34H,14,20-21H2,1-10H3,(H,47,59)(H,49,57)(H,55,58)(H,56,62)(H,60,61)/b26-11-/t23-,24+,33+,34-/m0/s1. The summed E-state index contributed by atoms with van der Waals surface area (Å²) in [5.74, 6) is -2.81. The van der Waals surface area contributed by atoms with E-state index in [1.54, 1.807) is 81.3 Å². The van der Waals surface area contributed by atoms with Crippen LogP contribution in [0.25, 0.3) is 49.1 Å². The van der Waals surface area contributed by atoms with E-state index in [4.69, 9.17) is 38.6 Å². The summed E-state index contributed by atoms with van der Waals surface area (Å²) < 4.78 is 26.5. The Morgan fingerprint density at radius 3 is 2.03 bits per heavy atom. The van der Waals surface area contributed by atoms with Crippen LogP contribution in [-0.2, 0) is 28.5 Å². The van der Waals surface area contributed by atoms with Gasteiger partial charge in [0, 0.05) is 53.2 Å². The topological polar surface area (TPSA) is 277 Å². The van der Waals surface area contributed by atoms with Crippen molar-refractivity contribution >= 4 is 92.2 Å². The van der Waals surface area contributed by atoms with Crippen molar-refractivity contribution in [2.75, 3.05) is 34.4 Å². The van der Waals surface area contributed by atoms with Crippen LogP contribution in [0.15, 0.2) is 45.1 Å². The van der Waals surface area contributed by atoms with Crippen molar-refractivity contribution in [1.29, 1.82) is 0 Å². The molecule has 26 heteroatoms. The normalized spacial score (nSPS) is 13.6. The zero-order chi connectivity index (χ0) is 52.3. The number of thiazole rings is 5. The lowest BCUT2D eigenvalue weighted by molar-refractivity contribution is -0.132. The second-order valence-corrected chi connectivity index (χ2v) is 21.3. The first-order valence-electron chi connectivity index (χ1n) is 22.1. The van der Waals surface area contributed by atoms with E-state index in [-0.39, 0.29) is 49.2 Å². The van der Waals surface area contributed by atoms with Crippen LogP contribution in [-0.4, -0.2) is 123 Å². The Balaban J connectivity index is 1.22. The zero-order valence-electron chi connectivity index (χ0n) is 40.9. The Hall–Kier alpha value is -5.97. The van der Waals surface area contributed by atoms with Gasteiger partial charge in [-0.25, -0.2) is 39.5 Å². The van der Waals surface area contributed by atoms with Crippen molar-refractivity contribution < 1.29 is 52.8 Å². The van der Waals surface area contributed by atoms with E-state index in [0.717, 1.165) is 11.3 Å². The fourth-order valence-electron chi connectivity index (χ4n) is 6.33. The third kappa shape index (κ3) is 14.6. The molecule has 0 saturated heterocycles. The van der Waals surface area contributed by atoms with Crippen LogP contribution in [0, 0.1) is 5.92 Å². The summed E-state index contributed by atoms with van der Waals surface area (Å²) >= 11 is 6.12. The maximum Gasteiger partial charge on any atom is 0.408 e. The molecule has 0 saturated carbocycles. The van der Waals surface area contributed by atoms with Gasteiger partial charge in [0.2, 0.25) is 5.91 Å². The molecular weight excluding hydrogens is 1030 g/mol. The lowest BCUT2D eigenvalue weighted by atomic mass is 10.1. The average Bonchev–Trinajstić information content (AvgIpc) is 4.21. The van der Waals surface area contributed by atoms with E-state index in [1.807, 2.05) is 13.8 Å². The first-order chi connectivity index (χ1) is 34.3. The number of aromatic carboxylic acids is 1. The van der Waals surface area contributed by atoms with Gasteiger partial charge in [0.05, 0.1) is 29.6 Å². The van der Waals surface area contributed by atoms with Gasteiger partial charge in [-0.15, -0.1) is 56.7 Å². The molecule has 0 fully saturated rings. The van der Waals surface area contributed by atoms with Gasteiger partial charge in [-0.05, 0) is 59.6 Å². The van der Waals surface area contributed by atoms with Crippen LogP contribution in [0.3, 0.4) is 0 Å². The summed E-state index contributed by atoms with van der Waals surface area (Å²) in [5.41, 5.74) is 2.07. The van der Waals surface area contributed by atoms with E-state index in [1.165, 1.54) is 64.9 Å². The quantitative estimate of drug-likeness (QED) is 0.0380. The molecule has 21 nitrogen and oxygen atoms in total. The van der Waals surface area contributed by atoms with Gasteiger partial charge >= 0.3 is 12.1 Å². The second kappa shape index (κ2) is 25.1. The molecule has 0 radical (unpaired) electrons. The van der Waals surface area contributed by atoms with Crippen molar-refractivity contribution in [1.82, 2.24) is 51.2 Å². The van der Waals surface area contributed by atoms with E-state index >= 15 is 0 Å². The van der Waals surface area contributed by atoms with E-state index in [0.29, 0.717) is 59.1 Å². The molecule has 4 atom stereocenters. The first-order valence-corrected chi connectivity index (χ1v) is 26.5. The van der Waals surface area contributed by atoms with Gasteiger partial charge in [-0.3, -0.25) is 14.4 Å². The molecule has 6 aromatic rings. The molecular formula is C46H54N10O11S5. The fourth-order valence-corrected chi connectivity index (χ4v) is 10.6. The number of alkyl carbamates (subject to hydrolysis) is 1. The van der Waals surface area contributed by atoms with E-state index < -0.39 is 53.6 Å². The second-order valence-electron chi connectivity index (χ2n) is 17.0. The number of nitrogens with zero attached hydrogens (tertiary/aromatic N) is 6. The number of carbonyl (C=O) groups is 5. The fraction of sp³-hybridized carbons (Fsp3) is 0.413. The molecule has 6 heterocycles. The first kappa shape index (κ1) is 55.3. The smallest absolute Gasteiger partial charge is 0.408 e. The van der Waals surface area contributed by atoms with Gasteiger partial charge in [0.1, 0.15) is 78.7 Å². The van der Waals surface area contributed by atoms with E-state index in [2.05, 4.69) is 36.2 Å². The summed E-state index contributed by atoms with van der Waals surface area (Å²) in [5, 5.41) is 31.5. The van der Waals surface area contributed by atoms with Crippen molar-refractivity contribution in [2.45, 2.75) is 85.3 Å². The molecule has 0 bridgehead atoms. The maximum absolute atomic E-state index is 13.6. The number of pyridine rings is 1. The Morgan fingerprint density at radius 1 is 0.708 bits per heavy atom. The Labute approximate surface area is 434 Å². The van der Waals surface area contributed by atoms with Gasteiger partial charge in [0.15, 0.2) is 5.69 Å². The minimum Gasteiger partial charge on any atom is -0.476 e. The van der Waals surface area contributed by atoms with Crippen molar-refractivity contribution in [3.8, 4) is 43.4 Å². The average molecular weight is 1080 g/mol. The predicted molar refractivity (Wildman–Crippen MR) is 275 cm³/mol. The Kier molecular flexibility index (Phi) is 19.3. The number of carbonyl (C=O) groups excluding carboxylic acids is 4. The zero-order valence-corrected chi connectivity index (χ0v) is 45.0. The van der Waals surface area contributed by atoms with Gasteiger partial charge in [0.25, 0.3) is 11.8 Å². The molecule has 4 amide bonds. The molecule has 0 aliphatic carbocycles. The number of hydrogen-bond acceptors (Lipinski definition) is 21. The lowest BCUT2D eigenvalue weighted by Gasteiger charge is -2.25. The number of rotatable bonds is 23. The number of carboxylic acids is 1. The van der Waals surface area contributed by atoms with Crippen molar-refractivity contribution in [2.24, 2.45) is 5.92 Å². The lowest BCUT2D eigenvalue weighted by Crippen LogP contribution is -2.54. The summed E-state index contributed by atoms with van der Waals surface area (Å²) in [4.78, 5) is 93.1. The molecule has 72 heavy (non-hydrogen) atoms. The van der Waals surface area contributed by atoms with Crippen LogP contribution in [0.4, 0.5) is 4.79 Å². The monoisotopic (exact) mass is 1080 g/mol. The largest absolute Gasteiger partial charge is 0.476 e. The third-order valence-electron chi connectivity index (χ3n) is 9.92. The Morgan fingerprint density at radius 2 is 1.35 bits per heavy atom. The molecule has 6 aromatic heterocycles. The highest BCUT2D eigenvalue weighted by atomic mass is 32.1. The van der Waals surface area contributed by atoms with Crippen LogP contribution in [0.2, 0.25) is 0 Å². The number of hydrogen-bond donors (Lipinski definition) is 5. The third-order valence-corrected chi connectivity index (χ3v) is 14.3. The summed E-state index contributed by atoms with van der Waals surface area (Å²) in [6, 6.07) is 1.92. The van der Waals surface area contributed by atoms with Crippen LogP contribution in [0.1, 0.15) is 103 Å². The number of aromatic nitrogens is 6. The molecule has 0 aromatic carbocycles. The molecule has 0 aliphatic rings. The summed E-state index contributed by atoms with van der Waals surface area (Å²) in [7, 11) is 2.94. The van der Waals surface area contributed by atoms with E-state index in [9.17, 15) is 29.1 Å². The van der Waals surface area contributed by atoms with Gasteiger partial charge < -0.3 is 50.1 Å². The highest BCUT2D eigenvalue weighted by Crippen LogP contribution is 2.38. The van der Waals surface area contributed by atoms with Gasteiger partial charge in [-0.2, -0.15) is 0 Å². The number of ether oxygens (including phenoxy) is 5. The summed E-state index contributed by atoms with van der Waals surface area (Å²) in [6.45, 7) is 14.5. The minimum atomic E-state index is -1.18. The van der Waals surface area contributed by atoms with Crippen molar-refractivity contribution in [3.63, 3.8) is 0 Å². The Bertz CT molecular complexity index is 2880. The molecule has 0 aliphatic heterocycles.